The van der Waals surface area contributed by atoms with Gasteiger partial charge in [0.1, 0.15) is 11.6 Å². The van der Waals surface area contributed by atoms with Crippen LogP contribution in [-0.2, 0) is 19.4 Å². The maximum Gasteiger partial charge on any atom is 0.295 e. The average molecular weight is 450 g/mol. The normalized spacial score (nSPS) is 25.1. The molecule has 6 nitrogen and oxygen atoms in total. The van der Waals surface area contributed by atoms with Crippen LogP contribution in [0.4, 0.5) is 4.39 Å². The van der Waals surface area contributed by atoms with Crippen LogP contribution in [-0.4, -0.2) is 47.7 Å². The van der Waals surface area contributed by atoms with Crippen molar-refractivity contribution in [2.45, 2.75) is 18.5 Å². The number of nitrogens with zero attached hydrogens (tertiary/aromatic N) is 1. The van der Waals surface area contributed by atoms with Crippen molar-refractivity contribution in [1.29, 1.82) is 0 Å². The van der Waals surface area contributed by atoms with Crippen molar-refractivity contribution in [3.63, 3.8) is 0 Å². The zero-order valence-corrected chi connectivity index (χ0v) is 17.2. The predicted octanol–water partition coefficient (Wildman–Crippen LogP) is 3.09. The van der Waals surface area contributed by atoms with Crippen molar-refractivity contribution < 1.29 is 27.5 Å². The Hall–Kier alpha value is -2.71. The summed E-state index contributed by atoms with van der Waals surface area (Å²) in [7, 11) is -3.38. The number of amides is 1. The number of Topliss-reactive ketones (excluding diaryl/α,β-unsaturated/α-hetero) is 1. The van der Waals surface area contributed by atoms with E-state index in [0.29, 0.717) is 5.02 Å². The molecule has 2 aromatic rings. The Kier molecular flexibility index (Phi) is 5.15. The van der Waals surface area contributed by atoms with E-state index in [1.54, 1.807) is 6.07 Å². The molecule has 2 aromatic carbocycles. The highest BCUT2D eigenvalue weighted by Crippen LogP contribution is 2.43. The quantitative estimate of drug-likeness (QED) is 0.441. The molecule has 2 saturated heterocycles. The molecular formula is C21H17ClFNO5S. The molecule has 1 amide bonds. The molecule has 2 heterocycles. The van der Waals surface area contributed by atoms with Crippen LogP contribution in [0.25, 0.3) is 5.76 Å². The Morgan fingerprint density at radius 3 is 2.37 bits per heavy atom. The number of ketones is 1. The molecule has 0 aliphatic carbocycles. The SMILES string of the molecule is O=C1C(=O)N([C@@H]2CCS(=O)(=O)C2)[C@H](c2ccccc2F)C1=C(O)c1ccc(Cl)cc1. The number of likely N-dealkylation sites (tertiary alicyclic amines) is 1. The molecule has 156 valence electrons. The van der Waals surface area contributed by atoms with Crippen LogP contribution >= 0.6 is 11.6 Å². The van der Waals surface area contributed by atoms with E-state index in [9.17, 15) is 27.5 Å². The lowest BCUT2D eigenvalue weighted by molar-refractivity contribution is -0.141. The minimum Gasteiger partial charge on any atom is -0.507 e. The van der Waals surface area contributed by atoms with Crippen molar-refractivity contribution in [3.05, 3.63) is 76.1 Å². The second-order valence-corrected chi connectivity index (χ2v) is 9.96. The van der Waals surface area contributed by atoms with Crippen LogP contribution in [0.2, 0.25) is 5.02 Å². The maximum absolute atomic E-state index is 14.7. The summed E-state index contributed by atoms with van der Waals surface area (Å²) in [6, 6.07) is 9.55. The zero-order valence-electron chi connectivity index (χ0n) is 15.6. The number of rotatable bonds is 3. The third-order valence-corrected chi connectivity index (χ3v) is 7.40. The number of carbonyl (C=O) groups excluding carboxylic acids is 2. The van der Waals surface area contributed by atoms with E-state index in [1.807, 2.05) is 0 Å². The number of hydrogen-bond donors (Lipinski definition) is 1. The van der Waals surface area contributed by atoms with Gasteiger partial charge < -0.3 is 10.0 Å². The van der Waals surface area contributed by atoms with Gasteiger partial charge in [-0.05, 0) is 36.8 Å². The summed E-state index contributed by atoms with van der Waals surface area (Å²) in [5, 5.41) is 11.3. The lowest BCUT2D eigenvalue weighted by Crippen LogP contribution is -2.40. The van der Waals surface area contributed by atoms with Crippen LogP contribution in [0.5, 0.6) is 0 Å². The molecule has 0 spiro atoms. The number of aliphatic hydroxyl groups is 1. The van der Waals surface area contributed by atoms with E-state index >= 15 is 0 Å². The second-order valence-electron chi connectivity index (χ2n) is 7.29. The van der Waals surface area contributed by atoms with Crippen LogP contribution in [0.1, 0.15) is 23.6 Å². The van der Waals surface area contributed by atoms with Crippen molar-refractivity contribution in [1.82, 2.24) is 4.90 Å². The monoisotopic (exact) mass is 449 g/mol. The lowest BCUT2D eigenvalue weighted by Gasteiger charge is -2.30. The number of carbonyl (C=O) groups is 2. The van der Waals surface area contributed by atoms with E-state index in [2.05, 4.69) is 0 Å². The second kappa shape index (κ2) is 7.52. The fraction of sp³-hybridized carbons (Fsp3) is 0.238. The largest absolute Gasteiger partial charge is 0.507 e. The number of benzene rings is 2. The number of halogens is 2. The molecule has 30 heavy (non-hydrogen) atoms. The summed E-state index contributed by atoms with van der Waals surface area (Å²) < 4.78 is 38.7. The summed E-state index contributed by atoms with van der Waals surface area (Å²) in [5.74, 6) is -3.52. The fourth-order valence-corrected chi connectivity index (χ4v) is 5.82. The van der Waals surface area contributed by atoms with E-state index < -0.39 is 45.2 Å². The van der Waals surface area contributed by atoms with E-state index in [-0.39, 0.29) is 34.6 Å². The molecule has 9 heteroatoms. The van der Waals surface area contributed by atoms with Gasteiger partial charge in [-0.15, -0.1) is 0 Å². The fourth-order valence-electron chi connectivity index (χ4n) is 3.99. The molecule has 2 fully saturated rings. The van der Waals surface area contributed by atoms with E-state index in [1.165, 1.54) is 42.5 Å². The average Bonchev–Trinajstić information content (AvgIpc) is 3.19. The van der Waals surface area contributed by atoms with Gasteiger partial charge in [0.25, 0.3) is 11.7 Å². The molecule has 2 aliphatic rings. The Morgan fingerprint density at radius 1 is 1.10 bits per heavy atom. The minimum atomic E-state index is -3.38. The van der Waals surface area contributed by atoms with Gasteiger partial charge in [-0.3, -0.25) is 9.59 Å². The van der Waals surface area contributed by atoms with Crippen LogP contribution in [0, 0.1) is 5.82 Å². The number of sulfone groups is 1. The molecule has 0 unspecified atom stereocenters. The Morgan fingerprint density at radius 2 is 1.77 bits per heavy atom. The van der Waals surface area contributed by atoms with Gasteiger partial charge in [0.2, 0.25) is 0 Å². The molecule has 0 aromatic heterocycles. The lowest BCUT2D eigenvalue weighted by atomic mass is 9.94. The highest BCUT2D eigenvalue weighted by molar-refractivity contribution is 7.91. The Balaban J connectivity index is 1.91. The predicted molar refractivity (Wildman–Crippen MR) is 109 cm³/mol. The van der Waals surface area contributed by atoms with Crippen LogP contribution in [0.15, 0.2) is 54.1 Å². The highest BCUT2D eigenvalue weighted by atomic mass is 35.5. The molecule has 2 aliphatic heterocycles. The summed E-state index contributed by atoms with van der Waals surface area (Å²) in [4.78, 5) is 26.9. The van der Waals surface area contributed by atoms with Gasteiger partial charge in [0.15, 0.2) is 9.84 Å². The van der Waals surface area contributed by atoms with Gasteiger partial charge in [0.05, 0.1) is 23.1 Å². The summed E-state index contributed by atoms with van der Waals surface area (Å²) in [6.07, 6.45) is 0.140. The highest BCUT2D eigenvalue weighted by Gasteiger charge is 2.51. The van der Waals surface area contributed by atoms with Crippen LogP contribution < -0.4 is 0 Å². The van der Waals surface area contributed by atoms with Crippen molar-refractivity contribution in [2.75, 3.05) is 11.5 Å². The topological polar surface area (TPSA) is 91.8 Å². The summed E-state index contributed by atoms with van der Waals surface area (Å²) in [5.41, 5.74) is -0.0361. The van der Waals surface area contributed by atoms with Crippen molar-refractivity contribution >= 4 is 38.9 Å². The molecular weight excluding hydrogens is 433 g/mol. The van der Waals surface area contributed by atoms with Crippen molar-refractivity contribution in [3.8, 4) is 0 Å². The zero-order chi connectivity index (χ0) is 21.6. The third-order valence-electron chi connectivity index (χ3n) is 5.40. The van der Waals surface area contributed by atoms with Gasteiger partial charge in [-0.2, -0.15) is 0 Å². The minimum absolute atomic E-state index is 0.0107. The first-order valence-corrected chi connectivity index (χ1v) is 11.4. The number of aliphatic hydroxyl groups excluding tert-OH is 1. The first-order chi connectivity index (χ1) is 14.2. The molecule has 0 radical (unpaired) electrons. The third kappa shape index (κ3) is 3.50. The number of hydrogen-bond acceptors (Lipinski definition) is 5. The van der Waals surface area contributed by atoms with Gasteiger partial charge in [-0.1, -0.05) is 29.8 Å². The summed E-state index contributed by atoms with van der Waals surface area (Å²) in [6.45, 7) is 0. The smallest absolute Gasteiger partial charge is 0.295 e. The molecule has 2 atom stereocenters. The molecule has 0 bridgehead atoms. The molecule has 1 N–H and O–H groups in total. The first-order valence-electron chi connectivity index (χ1n) is 9.20. The van der Waals surface area contributed by atoms with E-state index in [4.69, 9.17) is 11.6 Å². The Labute approximate surface area is 177 Å². The standard InChI is InChI=1S/C21H17ClFNO5S/c22-13-7-5-12(6-8-13)19(25)17-18(15-3-1-2-4-16(15)23)24(21(27)20(17)26)14-9-10-30(28,29)11-14/h1-8,14,18,25H,9-11H2/t14-,18-/m1/s1. The molecule has 0 saturated carbocycles. The van der Waals surface area contributed by atoms with Crippen molar-refractivity contribution in [2.24, 2.45) is 0 Å². The van der Waals surface area contributed by atoms with Gasteiger partial charge in [0, 0.05) is 22.2 Å². The van der Waals surface area contributed by atoms with Gasteiger partial charge >= 0.3 is 0 Å². The van der Waals surface area contributed by atoms with Gasteiger partial charge in [-0.25, -0.2) is 12.8 Å². The Bertz CT molecular complexity index is 1180. The first kappa shape index (κ1) is 20.6. The summed E-state index contributed by atoms with van der Waals surface area (Å²) >= 11 is 5.88. The van der Waals surface area contributed by atoms with E-state index in [0.717, 1.165) is 4.90 Å². The van der Waals surface area contributed by atoms with Crippen LogP contribution in [0.3, 0.4) is 0 Å². The molecule has 4 rings (SSSR count). The maximum atomic E-state index is 14.7.